The fraction of sp³-hybridized carbons (Fsp3) is 0. The van der Waals surface area contributed by atoms with Crippen LogP contribution in [0.1, 0.15) is 10.4 Å². The lowest BCUT2D eigenvalue weighted by Gasteiger charge is -2.08. The molecule has 1 heterocycles. The number of carboxylic acids is 1. The van der Waals surface area contributed by atoms with Gasteiger partial charge in [0.25, 0.3) is 0 Å². The zero-order valence-corrected chi connectivity index (χ0v) is 14.3. The fourth-order valence-electron chi connectivity index (χ4n) is 2.67. The van der Waals surface area contributed by atoms with Crippen LogP contribution in [0.5, 0.6) is 0 Å². The summed E-state index contributed by atoms with van der Waals surface area (Å²) in [6.07, 6.45) is 0. The van der Waals surface area contributed by atoms with Crippen LogP contribution in [0, 0.1) is 0 Å². The molecule has 0 bridgehead atoms. The van der Waals surface area contributed by atoms with Gasteiger partial charge in [0.05, 0.1) is 11.1 Å². The molecular weight excluding hydrogens is 350 g/mol. The lowest BCUT2D eigenvalue weighted by Crippen LogP contribution is -2.01. The predicted molar refractivity (Wildman–Crippen MR) is 97.5 cm³/mol. The van der Waals surface area contributed by atoms with Gasteiger partial charge in [-0.15, -0.1) is 0 Å². The van der Waals surface area contributed by atoms with Crippen molar-refractivity contribution in [2.24, 2.45) is 0 Å². The molecule has 1 atom stereocenters. The van der Waals surface area contributed by atoms with Crippen LogP contribution in [0.2, 0.25) is 0 Å². The van der Waals surface area contributed by atoms with Crippen molar-refractivity contribution in [3.05, 3.63) is 78.4 Å². The summed E-state index contributed by atoms with van der Waals surface area (Å²) in [5.74, 6) is -0.825. The Morgan fingerprint density at radius 3 is 2.46 bits per heavy atom. The average Bonchev–Trinajstić information content (AvgIpc) is 3.11. The number of aromatic nitrogens is 1. The topological polar surface area (TPSA) is 86.4 Å². The van der Waals surface area contributed by atoms with Crippen molar-refractivity contribution in [3.8, 4) is 11.5 Å². The van der Waals surface area contributed by atoms with Gasteiger partial charge in [0, 0.05) is 17.2 Å². The number of aromatic carboxylic acids is 1. The van der Waals surface area contributed by atoms with E-state index in [4.69, 9.17) is 4.42 Å². The number of rotatable bonds is 4. The van der Waals surface area contributed by atoms with Crippen LogP contribution in [0.3, 0.4) is 0 Å². The number of oxazole rings is 1. The average molecular weight is 363 g/mol. The number of hydrogen-bond acceptors (Lipinski definition) is 4. The number of benzene rings is 3. The molecule has 6 heteroatoms. The number of carbonyl (C=O) groups is 1. The van der Waals surface area contributed by atoms with Crippen molar-refractivity contribution >= 4 is 28.2 Å². The molecule has 0 aliphatic heterocycles. The summed E-state index contributed by atoms with van der Waals surface area (Å²) in [5.41, 5.74) is 1.56. The fourth-order valence-corrected chi connectivity index (χ4v) is 3.75. The van der Waals surface area contributed by atoms with Crippen LogP contribution < -0.4 is 0 Å². The van der Waals surface area contributed by atoms with Gasteiger partial charge in [-0.2, -0.15) is 0 Å². The first-order chi connectivity index (χ1) is 12.6. The minimum Gasteiger partial charge on any atom is -0.606 e. The van der Waals surface area contributed by atoms with E-state index in [2.05, 4.69) is 4.98 Å². The second-order valence-electron chi connectivity index (χ2n) is 5.58. The monoisotopic (exact) mass is 363 g/mol. The summed E-state index contributed by atoms with van der Waals surface area (Å²) in [6.45, 7) is 0. The van der Waals surface area contributed by atoms with Crippen LogP contribution in [0.15, 0.2) is 87.0 Å². The molecule has 0 aliphatic rings. The van der Waals surface area contributed by atoms with E-state index in [1.54, 1.807) is 48.5 Å². The van der Waals surface area contributed by atoms with Crippen LogP contribution in [0.25, 0.3) is 22.6 Å². The smallest absolute Gasteiger partial charge is 0.336 e. The molecule has 128 valence electrons. The molecule has 0 fully saturated rings. The van der Waals surface area contributed by atoms with E-state index in [0.717, 1.165) is 0 Å². The van der Waals surface area contributed by atoms with E-state index in [-0.39, 0.29) is 11.5 Å². The third-order valence-corrected chi connectivity index (χ3v) is 5.30. The molecule has 4 aromatic rings. The number of fused-ring (bicyclic) bond motifs is 1. The second kappa shape index (κ2) is 6.67. The van der Waals surface area contributed by atoms with Crippen LogP contribution in [-0.2, 0) is 11.2 Å². The molecule has 0 aliphatic carbocycles. The maximum Gasteiger partial charge on any atom is 0.336 e. The Morgan fingerprint density at radius 2 is 1.69 bits per heavy atom. The maximum atomic E-state index is 12.7. The summed E-state index contributed by atoms with van der Waals surface area (Å²) < 4.78 is 18.4. The first kappa shape index (κ1) is 16.4. The molecule has 5 nitrogen and oxygen atoms in total. The van der Waals surface area contributed by atoms with E-state index in [1.165, 1.54) is 6.07 Å². The molecule has 1 unspecified atom stereocenters. The number of carboxylic acid groups (broad SMARTS) is 1. The van der Waals surface area contributed by atoms with Crippen molar-refractivity contribution in [2.45, 2.75) is 9.79 Å². The Morgan fingerprint density at radius 1 is 0.962 bits per heavy atom. The van der Waals surface area contributed by atoms with Gasteiger partial charge in [0.2, 0.25) is 5.89 Å². The Kier molecular flexibility index (Phi) is 4.20. The van der Waals surface area contributed by atoms with Crippen LogP contribution in [0.4, 0.5) is 0 Å². The largest absolute Gasteiger partial charge is 0.606 e. The zero-order chi connectivity index (χ0) is 18.1. The summed E-state index contributed by atoms with van der Waals surface area (Å²) in [4.78, 5) is 17.1. The van der Waals surface area contributed by atoms with E-state index < -0.39 is 17.1 Å². The van der Waals surface area contributed by atoms with Crippen molar-refractivity contribution in [2.75, 3.05) is 0 Å². The third-order valence-electron chi connectivity index (χ3n) is 3.92. The van der Waals surface area contributed by atoms with Crippen LogP contribution >= 0.6 is 0 Å². The molecule has 3 aromatic carbocycles. The summed E-state index contributed by atoms with van der Waals surface area (Å²) in [6, 6.07) is 20.8. The molecule has 0 saturated heterocycles. The molecular formula is C20H13NO4S. The van der Waals surface area contributed by atoms with Gasteiger partial charge in [0.1, 0.15) is 5.52 Å². The minimum atomic E-state index is -1.33. The third kappa shape index (κ3) is 2.96. The summed E-state index contributed by atoms with van der Waals surface area (Å²) in [5, 5.41) is 9.34. The molecule has 0 saturated carbocycles. The quantitative estimate of drug-likeness (QED) is 0.544. The predicted octanol–water partition coefficient (Wildman–Crippen LogP) is 4.36. The highest BCUT2D eigenvalue weighted by Gasteiger charge is 2.19. The molecule has 0 radical (unpaired) electrons. The van der Waals surface area contributed by atoms with Crippen molar-refractivity contribution < 1.29 is 18.9 Å². The summed E-state index contributed by atoms with van der Waals surface area (Å²) in [7, 11) is 0. The molecule has 0 spiro atoms. The van der Waals surface area contributed by atoms with Gasteiger partial charge in [-0.05, 0) is 36.4 Å². The highest BCUT2D eigenvalue weighted by Crippen LogP contribution is 2.30. The lowest BCUT2D eigenvalue weighted by atomic mass is 10.1. The zero-order valence-electron chi connectivity index (χ0n) is 13.5. The van der Waals surface area contributed by atoms with Crippen molar-refractivity contribution in [3.63, 3.8) is 0 Å². The van der Waals surface area contributed by atoms with E-state index in [1.807, 2.05) is 18.2 Å². The molecule has 1 aromatic heterocycles. The van der Waals surface area contributed by atoms with Gasteiger partial charge in [0.15, 0.2) is 15.4 Å². The lowest BCUT2D eigenvalue weighted by molar-refractivity contribution is 0.0697. The van der Waals surface area contributed by atoms with Gasteiger partial charge >= 0.3 is 5.97 Å². The number of hydrogen-bond donors (Lipinski definition) is 1. The highest BCUT2D eigenvalue weighted by molar-refractivity contribution is 7.91. The SMILES string of the molecule is O=C(O)c1ccccc1-c1nc2ccc([S+]([O-])c3ccccc3)cc2o1. The van der Waals surface area contributed by atoms with Gasteiger partial charge in [-0.1, -0.05) is 30.3 Å². The van der Waals surface area contributed by atoms with Crippen molar-refractivity contribution in [1.29, 1.82) is 0 Å². The van der Waals surface area contributed by atoms with Crippen molar-refractivity contribution in [1.82, 2.24) is 4.98 Å². The maximum absolute atomic E-state index is 12.7. The van der Waals surface area contributed by atoms with Gasteiger partial charge in [-0.3, -0.25) is 0 Å². The Hall–Kier alpha value is -3.09. The second-order valence-corrected chi connectivity index (χ2v) is 7.06. The van der Waals surface area contributed by atoms with Gasteiger partial charge < -0.3 is 14.1 Å². The van der Waals surface area contributed by atoms with E-state index in [9.17, 15) is 14.5 Å². The standard InChI is InChI=1S/C20H13NO4S/c22-20(23)16-9-5-4-8-15(16)19-21-17-11-10-14(12-18(17)25-19)26(24)13-6-2-1-3-7-13/h1-12H,(H,22,23). The minimum absolute atomic E-state index is 0.118. The first-order valence-corrected chi connectivity index (χ1v) is 8.98. The number of nitrogens with zero attached hydrogens (tertiary/aromatic N) is 1. The molecule has 0 amide bonds. The first-order valence-electron chi connectivity index (χ1n) is 7.83. The molecule has 1 N–H and O–H groups in total. The Bertz CT molecular complexity index is 1090. The Labute approximate surface area is 152 Å². The van der Waals surface area contributed by atoms with E-state index in [0.29, 0.717) is 26.5 Å². The Balaban J connectivity index is 1.77. The normalized spacial score (nSPS) is 12.2. The van der Waals surface area contributed by atoms with Gasteiger partial charge in [-0.25, -0.2) is 9.78 Å². The summed E-state index contributed by atoms with van der Waals surface area (Å²) >= 11 is -1.33. The molecule has 4 rings (SSSR count). The van der Waals surface area contributed by atoms with Crippen LogP contribution in [-0.4, -0.2) is 20.6 Å². The highest BCUT2D eigenvalue weighted by atomic mass is 32.2. The molecule has 26 heavy (non-hydrogen) atoms. The van der Waals surface area contributed by atoms with E-state index >= 15 is 0 Å².